The number of nitriles is 1. The molecule has 0 spiro atoms. The van der Waals surface area contributed by atoms with E-state index in [2.05, 4.69) is 12.6 Å². The van der Waals surface area contributed by atoms with Gasteiger partial charge >= 0.3 is 7.12 Å². The number of ether oxygens (including phenoxy) is 1. The Morgan fingerprint density at radius 2 is 1.58 bits per heavy atom. The molecule has 0 amide bonds. The van der Waals surface area contributed by atoms with Crippen molar-refractivity contribution in [1.29, 1.82) is 5.26 Å². The second-order valence-corrected chi connectivity index (χ2v) is 7.32. The molecule has 0 aliphatic carbocycles. The fourth-order valence-electron chi connectivity index (χ4n) is 2.71. The lowest BCUT2D eigenvalue weighted by atomic mass is 9.76. The van der Waals surface area contributed by atoms with Crippen LogP contribution in [0.25, 0.3) is 6.08 Å². The Labute approximate surface area is 155 Å². The minimum Gasteiger partial charge on any atom is -0.457 e. The maximum Gasteiger partial charge on any atom is 0.495 e. The predicted octanol–water partition coefficient (Wildman–Crippen LogP) is 4.29. The normalized spacial score (nSPS) is 17.6. The summed E-state index contributed by atoms with van der Waals surface area (Å²) in [4.78, 5) is 0. The van der Waals surface area contributed by atoms with Crippen molar-refractivity contribution in [3.05, 3.63) is 60.2 Å². The molecule has 2 aromatic rings. The van der Waals surface area contributed by atoms with Crippen LogP contribution in [-0.4, -0.2) is 18.3 Å². The minimum absolute atomic E-state index is 0.395. The zero-order valence-corrected chi connectivity index (χ0v) is 15.6. The van der Waals surface area contributed by atoms with Gasteiger partial charge in [-0.2, -0.15) is 5.26 Å². The highest BCUT2D eigenvalue weighted by Crippen LogP contribution is 2.37. The van der Waals surface area contributed by atoms with Crippen molar-refractivity contribution in [3.8, 4) is 17.6 Å². The Morgan fingerprint density at radius 1 is 1.00 bits per heavy atom. The Hall–Kier alpha value is -2.55. The Balaban J connectivity index is 1.84. The summed E-state index contributed by atoms with van der Waals surface area (Å²) in [5.41, 5.74) is 1.63. The Morgan fingerprint density at radius 3 is 2.12 bits per heavy atom. The number of nitrogens with zero attached hydrogens (tertiary/aromatic N) is 1. The molecule has 0 aromatic heterocycles. The molecule has 0 N–H and O–H groups in total. The molecule has 1 heterocycles. The first-order chi connectivity index (χ1) is 12.3. The van der Waals surface area contributed by atoms with Crippen LogP contribution in [0.15, 0.2) is 49.0 Å². The van der Waals surface area contributed by atoms with Gasteiger partial charge in [-0.05, 0) is 75.1 Å². The maximum atomic E-state index is 8.87. The molecule has 3 rings (SSSR count). The highest BCUT2D eigenvalue weighted by molar-refractivity contribution is 6.63. The topological polar surface area (TPSA) is 51.5 Å². The van der Waals surface area contributed by atoms with E-state index in [0.717, 1.165) is 11.0 Å². The van der Waals surface area contributed by atoms with Crippen molar-refractivity contribution in [1.82, 2.24) is 0 Å². The minimum atomic E-state index is -0.447. The van der Waals surface area contributed by atoms with Gasteiger partial charge in [0.05, 0.1) is 22.8 Å². The van der Waals surface area contributed by atoms with Gasteiger partial charge in [-0.25, -0.2) is 0 Å². The van der Waals surface area contributed by atoms with E-state index in [4.69, 9.17) is 19.3 Å². The van der Waals surface area contributed by atoms with E-state index in [9.17, 15) is 0 Å². The van der Waals surface area contributed by atoms with Crippen molar-refractivity contribution in [2.45, 2.75) is 38.9 Å². The van der Waals surface area contributed by atoms with Crippen molar-refractivity contribution in [2.75, 3.05) is 0 Å². The summed E-state index contributed by atoms with van der Waals surface area (Å²) in [7, 11) is -0.447. The molecule has 2 aromatic carbocycles. The van der Waals surface area contributed by atoms with Gasteiger partial charge in [0, 0.05) is 0 Å². The van der Waals surface area contributed by atoms with Crippen LogP contribution in [0.2, 0.25) is 0 Å². The van der Waals surface area contributed by atoms with E-state index in [1.54, 1.807) is 30.3 Å². The highest BCUT2D eigenvalue weighted by atomic mass is 16.7. The third-order valence-electron chi connectivity index (χ3n) is 5.00. The van der Waals surface area contributed by atoms with Gasteiger partial charge in [0.1, 0.15) is 11.5 Å². The molecule has 0 atom stereocenters. The zero-order valence-electron chi connectivity index (χ0n) is 15.6. The van der Waals surface area contributed by atoms with E-state index < -0.39 is 18.3 Å². The maximum absolute atomic E-state index is 8.87. The Bertz CT molecular complexity index is 850. The van der Waals surface area contributed by atoms with Crippen LogP contribution in [0, 0.1) is 11.3 Å². The van der Waals surface area contributed by atoms with Crippen LogP contribution in [-0.2, 0) is 9.31 Å². The lowest BCUT2D eigenvalue weighted by Crippen LogP contribution is -2.41. The van der Waals surface area contributed by atoms with Gasteiger partial charge in [0.25, 0.3) is 0 Å². The lowest BCUT2D eigenvalue weighted by Gasteiger charge is -2.32. The molecule has 0 unspecified atom stereocenters. The molecular weight excluding hydrogens is 325 g/mol. The zero-order chi connectivity index (χ0) is 18.9. The number of hydrogen-bond donors (Lipinski definition) is 0. The first-order valence-corrected chi connectivity index (χ1v) is 8.56. The molecule has 0 bridgehead atoms. The van der Waals surface area contributed by atoms with Crippen LogP contribution in [0.4, 0.5) is 0 Å². The van der Waals surface area contributed by atoms with Gasteiger partial charge in [-0.1, -0.05) is 18.7 Å². The largest absolute Gasteiger partial charge is 0.495 e. The summed E-state index contributed by atoms with van der Waals surface area (Å²) in [6, 6.07) is 14.8. The van der Waals surface area contributed by atoms with Crippen LogP contribution < -0.4 is 10.2 Å². The average Bonchev–Trinajstić information content (AvgIpc) is 2.83. The SMILES string of the molecule is C=Cc1cc(Oc2ccc(C#N)cc2)ccc1B1OC(C)(C)C(C)(C)O1. The molecule has 26 heavy (non-hydrogen) atoms. The second kappa shape index (κ2) is 6.64. The van der Waals surface area contributed by atoms with Gasteiger partial charge in [0.15, 0.2) is 0 Å². The van der Waals surface area contributed by atoms with Crippen LogP contribution in [0.5, 0.6) is 11.5 Å². The van der Waals surface area contributed by atoms with Gasteiger partial charge in [-0.3, -0.25) is 0 Å². The number of rotatable bonds is 4. The molecule has 132 valence electrons. The molecule has 4 nitrogen and oxygen atoms in total. The first-order valence-electron chi connectivity index (χ1n) is 8.56. The van der Waals surface area contributed by atoms with E-state index >= 15 is 0 Å². The standard InChI is InChI=1S/C21H22BNO3/c1-6-16-13-18(24-17-9-7-15(14-23)8-10-17)11-12-19(16)22-25-20(2,3)21(4,5)26-22/h6-13H,1H2,2-5H3. The van der Waals surface area contributed by atoms with Gasteiger partial charge in [0.2, 0.25) is 0 Å². The fraction of sp³-hybridized carbons (Fsp3) is 0.286. The third kappa shape index (κ3) is 3.39. The molecule has 1 saturated heterocycles. The molecule has 5 heteroatoms. The predicted molar refractivity (Wildman–Crippen MR) is 103 cm³/mol. The van der Waals surface area contributed by atoms with E-state index in [1.807, 2.05) is 45.9 Å². The van der Waals surface area contributed by atoms with Crippen molar-refractivity contribution >= 4 is 18.7 Å². The first kappa shape index (κ1) is 18.3. The van der Waals surface area contributed by atoms with Crippen molar-refractivity contribution < 1.29 is 14.0 Å². The van der Waals surface area contributed by atoms with Gasteiger partial charge in [-0.15, -0.1) is 0 Å². The quantitative estimate of drug-likeness (QED) is 0.774. The summed E-state index contributed by atoms with van der Waals surface area (Å²) < 4.78 is 18.2. The highest BCUT2D eigenvalue weighted by Gasteiger charge is 2.52. The Kier molecular flexibility index (Phi) is 4.66. The second-order valence-electron chi connectivity index (χ2n) is 7.32. The van der Waals surface area contributed by atoms with Crippen molar-refractivity contribution in [2.24, 2.45) is 0 Å². The third-order valence-corrected chi connectivity index (χ3v) is 5.00. The van der Waals surface area contributed by atoms with E-state index in [1.165, 1.54) is 0 Å². The smallest absolute Gasteiger partial charge is 0.457 e. The molecule has 0 radical (unpaired) electrons. The lowest BCUT2D eigenvalue weighted by molar-refractivity contribution is 0.00578. The molecule has 1 aliphatic rings. The summed E-state index contributed by atoms with van der Waals surface area (Å²) in [5, 5.41) is 8.87. The van der Waals surface area contributed by atoms with Crippen LogP contribution >= 0.6 is 0 Å². The molecular formula is C21H22BNO3. The monoisotopic (exact) mass is 347 g/mol. The van der Waals surface area contributed by atoms with E-state index in [0.29, 0.717) is 17.1 Å². The molecule has 1 fully saturated rings. The summed E-state index contributed by atoms with van der Waals surface area (Å²) in [6.07, 6.45) is 1.77. The molecule has 1 aliphatic heterocycles. The summed E-state index contributed by atoms with van der Waals surface area (Å²) >= 11 is 0. The van der Waals surface area contributed by atoms with Crippen LogP contribution in [0.1, 0.15) is 38.8 Å². The summed E-state index contributed by atoms with van der Waals surface area (Å²) in [5.74, 6) is 1.35. The van der Waals surface area contributed by atoms with Crippen molar-refractivity contribution in [3.63, 3.8) is 0 Å². The molecule has 0 saturated carbocycles. The van der Waals surface area contributed by atoms with Gasteiger partial charge < -0.3 is 14.0 Å². The van der Waals surface area contributed by atoms with E-state index in [-0.39, 0.29) is 0 Å². The average molecular weight is 347 g/mol. The fourth-order valence-corrected chi connectivity index (χ4v) is 2.71. The summed E-state index contributed by atoms with van der Waals surface area (Å²) in [6.45, 7) is 12.0. The van der Waals surface area contributed by atoms with Crippen LogP contribution in [0.3, 0.4) is 0 Å². The number of hydrogen-bond acceptors (Lipinski definition) is 4. The number of benzene rings is 2.